The number of carbonyl (C=O) groups excluding carboxylic acids is 1. The van der Waals surface area contributed by atoms with Crippen LogP contribution in [0.5, 0.6) is 0 Å². The third-order valence-electron chi connectivity index (χ3n) is 4.05. The highest BCUT2D eigenvalue weighted by Gasteiger charge is 2.20. The molecule has 3 aromatic rings. The standard InChI is InChI=1S/C18H18BrClN4O/c1-10(2)24-17-12(9-21-24)7-14(11(3)22-17)18(25)23(4)16-6-5-13(19)8-15(16)20/h5-10H,1-4H3. The molecule has 7 heteroatoms. The number of rotatable bonds is 3. The van der Waals surface area contributed by atoms with E-state index in [1.54, 1.807) is 19.3 Å². The van der Waals surface area contributed by atoms with E-state index >= 15 is 0 Å². The molecule has 0 spiro atoms. The van der Waals surface area contributed by atoms with Crippen LogP contribution in [-0.4, -0.2) is 27.7 Å². The molecule has 0 radical (unpaired) electrons. The van der Waals surface area contributed by atoms with Crippen molar-refractivity contribution in [1.82, 2.24) is 14.8 Å². The molecule has 1 amide bonds. The van der Waals surface area contributed by atoms with Gasteiger partial charge in [-0.3, -0.25) is 4.79 Å². The Bertz CT molecular complexity index is 967. The van der Waals surface area contributed by atoms with Gasteiger partial charge in [0.1, 0.15) is 0 Å². The summed E-state index contributed by atoms with van der Waals surface area (Å²) in [5.74, 6) is -0.159. The number of pyridine rings is 1. The zero-order valence-corrected chi connectivity index (χ0v) is 16.8. The van der Waals surface area contributed by atoms with Crippen LogP contribution < -0.4 is 4.90 Å². The Labute approximate surface area is 159 Å². The van der Waals surface area contributed by atoms with Crippen LogP contribution in [0, 0.1) is 6.92 Å². The number of aromatic nitrogens is 3. The van der Waals surface area contributed by atoms with Crippen molar-refractivity contribution in [3.8, 4) is 0 Å². The Balaban J connectivity index is 2.03. The third-order valence-corrected chi connectivity index (χ3v) is 4.85. The number of benzene rings is 1. The van der Waals surface area contributed by atoms with Gasteiger partial charge in [-0.15, -0.1) is 0 Å². The van der Waals surface area contributed by atoms with E-state index in [0.717, 1.165) is 15.5 Å². The maximum Gasteiger partial charge on any atom is 0.259 e. The number of carbonyl (C=O) groups is 1. The first-order chi connectivity index (χ1) is 11.8. The quantitative estimate of drug-likeness (QED) is 0.597. The van der Waals surface area contributed by atoms with Gasteiger partial charge in [-0.05, 0) is 45.0 Å². The van der Waals surface area contributed by atoms with Gasteiger partial charge in [-0.25, -0.2) is 9.67 Å². The van der Waals surface area contributed by atoms with Crippen molar-refractivity contribution < 1.29 is 4.79 Å². The number of nitrogens with zero attached hydrogens (tertiary/aromatic N) is 4. The largest absolute Gasteiger partial charge is 0.310 e. The lowest BCUT2D eigenvalue weighted by molar-refractivity contribution is 0.0992. The summed E-state index contributed by atoms with van der Waals surface area (Å²) in [4.78, 5) is 19.1. The molecule has 3 rings (SSSR count). The van der Waals surface area contributed by atoms with Crippen LogP contribution in [0.3, 0.4) is 0 Å². The van der Waals surface area contributed by atoms with Gasteiger partial charge in [-0.1, -0.05) is 27.5 Å². The van der Waals surface area contributed by atoms with Gasteiger partial charge in [0.05, 0.1) is 28.2 Å². The van der Waals surface area contributed by atoms with E-state index in [4.69, 9.17) is 11.6 Å². The number of hydrogen-bond donors (Lipinski definition) is 0. The predicted molar refractivity (Wildman–Crippen MR) is 105 cm³/mol. The first-order valence-corrected chi connectivity index (χ1v) is 9.04. The summed E-state index contributed by atoms with van der Waals surface area (Å²) in [6, 6.07) is 7.47. The highest BCUT2D eigenvalue weighted by molar-refractivity contribution is 9.10. The summed E-state index contributed by atoms with van der Waals surface area (Å²) < 4.78 is 2.72. The molecule has 0 unspecified atom stereocenters. The van der Waals surface area contributed by atoms with Crippen LogP contribution >= 0.6 is 27.5 Å². The van der Waals surface area contributed by atoms with Crippen LogP contribution in [0.1, 0.15) is 35.9 Å². The smallest absolute Gasteiger partial charge is 0.259 e. The summed E-state index contributed by atoms with van der Waals surface area (Å²) in [5, 5.41) is 5.72. The van der Waals surface area contributed by atoms with Crippen LogP contribution in [0.2, 0.25) is 5.02 Å². The molecular weight excluding hydrogens is 404 g/mol. The molecule has 0 N–H and O–H groups in total. The summed E-state index contributed by atoms with van der Waals surface area (Å²) in [6.45, 7) is 5.93. The highest BCUT2D eigenvalue weighted by atomic mass is 79.9. The molecule has 1 aromatic carbocycles. The number of aryl methyl sites for hydroxylation is 1. The normalized spacial score (nSPS) is 11.3. The molecular formula is C18H18BrClN4O. The van der Waals surface area contributed by atoms with Gasteiger partial charge < -0.3 is 4.90 Å². The van der Waals surface area contributed by atoms with Crippen LogP contribution in [0.15, 0.2) is 34.9 Å². The molecule has 25 heavy (non-hydrogen) atoms. The summed E-state index contributed by atoms with van der Waals surface area (Å²) in [7, 11) is 1.71. The van der Waals surface area contributed by atoms with Gasteiger partial charge in [0, 0.05) is 22.9 Å². The Hall–Kier alpha value is -1.92. The average molecular weight is 422 g/mol. The Morgan fingerprint density at radius 3 is 2.68 bits per heavy atom. The second-order valence-corrected chi connectivity index (χ2v) is 7.50. The molecule has 0 bridgehead atoms. The molecule has 2 aromatic heterocycles. The number of fused-ring (bicyclic) bond motifs is 1. The minimum Gasteiger partial charge on any atom is -0.310 e. The van der Waals surface area contributed by atoms with Crippen LogP contribution in [0.25, 0.3) is 11.0 Å². The molecule has 2 heterocycles. The van der Waals surface area contributed by atoms with E-state index in [-0.39, 0.29) is 11.9 Å². The first-order valence-electron chi connectivity index (χ1n) is 7.87. The zero-order valence-electron chi connectivity index (χ0n) is 14.4. The summed E-state index contributed by atoms with van der Waals surface area (Å²) in [6.07, 6.45) is 1.74. The Kier molecular flexibility index (Phi) is 4.84. The van der Waals surface area contributed by atoms with Crippen molar-refractivity contribution in [2.75, 3.05) is 11.9 Å². The molecule has 0 saturated carbocycles. The first kappa shape index (κ1) is 17.9. The minimum absolute atomic E-state index is 0.159. The lowest BCUT2D eigenvalue weighted by Crippen LogP contribution is -2.27. The van der Waals surface area contributed by atoms with Gasteiger partial charge in [-0.2, -0.15) is 5.10 Å². The summed E-state index contributed by atoms with van der Waals surface area (Å²) >= 11 is 9.65. The van der Waals surface area contributed by atoms with Crippen molar-refractivity contribution in [2.45, 2.75) is 26.8 Å². The highest BCUT2D eigenvalue weighted by Crippen LogP contribution is 2.30. The maximum atomic E-state index is 13.0. The lowest BCUT2D eigenvalue weighted by atomic mass is 10.1. The molecule has 130 valence electrons. The van der Waals surface area contributed by atoms with E-state index < -0.39 is 0 Å². The van der Waals surface area contributed by atoms with Crippen molar-refractivity contribution in [3.63, 3.8) is 0 Å². The van der Waals surface area contributed by atoms with Gasteiger partial charge in [0.15, 0.2) is 5.65 Å². The van der Waals surface area contributed by atoms with Crippen LogP contribution in [0.4, 0.5) is 5.69 Å². The van der Waals surface area contributed by atoms with Crippen molar-refractivity contribution >= 4 is 50.2 Å². The molecule has 0 aliphatic heterocycles. The van der Waals surface area contributed by atoms with Gasteiger partial charge >= 0.3 is 0 Å². The zero-order chi connectivity index (χ0) is 18.3. The molecule has 0 fully saturated rings. The van der Waals surface area contributed by atoms with E-state index in [1.165, 1.54) is 4.90 Å². The SMILES string of the molecule is Cc1nc2c(cnn2C(C)C)cc1C(=O)N(C)c1ccc(Br)cc1Cl. The average Bonchev–Trinajstić information content (AvgIpc) is 2.95. The number of hydrogen-bond acceptors (Lipinski definition) is 3. The molecule has 5 nitrogen and oxygen atoms in total. The molecule has 0 atom stereocenters. The number of anilines is 1. The molecule has 0 saturated heterocycles. The van der Waals surface area contributed by atoms with E-state index in [9.17, 15) is 4.79 Å². The Morgan fingerprint density at radius 2 is 2.04 bits per heavy atom. The second kappa shape index (κ2) is 6.77. The molecule has 0 aliphatic rings. The fourth-order valence-electron chi connectivity index (χ4n) is 2.70. The predicted octanol–water partition coefficient (Wildman–Crippen LogP) is 5.01. The number of halogens is 2. The fourth-order valence-corrected chi connectivity index (χ4v) is 3.50. The van der Waals surface area contributed by atoms with Gasteiger partial charge in [0.25, 0.3) is 5.91 Å². The van der Waals surface area contributed by atoms with Crippen LogP contribution in [-0.2, 0) is 0 Å². The minimum atomic E-state index is -0.159. The maximum absolute atomic E-state index is 13.0. The van der Waals surface area contributed by atoms with Crippen molar-refractivity contribution in [1.29, 1.82) is 0 Å². The monoisotopic (exact) mass is 420 g/mol. The van der Waals surface area contributed by atoms with Crippen molar-refractivity contribution in [2.24, 2.45) is 0 Å². The second-order valence-electron chi connectivity index (χ2n) is 6.18. The fraction of sp³-hybridized carbons (Fsp3) is 0.278. The van der Waals surface area contributed by atoms with Crippen molar-refractivity contribution in [3.05, 3.63) is 51.2 Å². The topological polar surface area (TPSA) is 51.0 Å². The summed E-state index contributed by atoms with van der Waals surface area (Å²) in [5.41, 5.74) is 2.64. The Morgan fingerprint density at radius 1 is 1.32 bits per heavy atom. The van der Waals surface area contributed by atoms with E-state index in [0.29, 0.717) is 22.0 Å². The van der Waals surface area contributed by atoms with Gasteiger partial charge in [0.2, 0.25) is 0 Å². The number of amides is 1. The lowest BCUT2D eigenvalue weighted by Gasteiger charge is -2.20. The van der Waals surface area contributed by atoms with E-state index in [2.05, 4.69) is 26.0 Å². The third kappa shape index (κ3) is 3.28. The molecule has 0 aliphatic carbocycles. The van der Waals surface area contributed by atoms with E-state index in [1.807, 2.05) is 43.7 Å².